The van der Waals surface area contributed by atoms with Crippen molar-refractivity contribution in [3.63, 3.8) is 0 Å². The highest BCUT2D eigenvalue weighted by molar-refractivity contribution is 6.14. The summed E-state index contributed by atoms with van der Waals surface area (Å²) in [6, 6.07) is 118. The third kappa shape index (κ3) is 7.97. The molecule has 0 unspecified atom stereocenters. The fourth-order valence-corrected chi connectivity index (χ4v) is 15.1. The predicted molar refractivity (Wildman–Crippen MR) is 387 cm³/mol. The molecule has 5 aromatic heterocycles. The van der Waals surface area contributed by atoms with Crippen molar-refractivity contribution in [2.24, 2.45) is 0 Å². The molecule has 0 saturated carbocycles. The lowest BCUT2D eigenvalue weighted by Crippen LogP contribution is -2.10. The second-order valence-electron chi connectivity index (χ2n) is 24.1. The molecule has 0 spiro atoms. The summed E-state index contributed by atoms with van der Waals surface area (Å²) in [4.78, 5) is 4.68. The molecule has 0 aliphatic heterocycles. The molecule has 14 aromatic carbocycles. The normalized spacial score (nSPS) is 11.9. The molecule has 434 valence electrons. The second-order valence-corrected chi connectivity index (χ2v) is 24.1. The topological polar surface area (TPSA) is 54.9 Å². The smallest absolute Gasteiger partial charge is 0.189 e. The van der Waals surface area contributed by atoms with Gasteiger partial charge in [0.05, 0.1) is 55.2 Å². The van der Waals surface area contributed by atoms with Crippen LogP contribution in [0.4, 0.5) is 34.1 Å². The van der Waals surface area contributed by atoms with Crippen LogP contribution in [0.15, 0.2) is 328 Å². The van der Waals surface area contributed by atoms with Crippen molar-refractivity contribution in [1.82, 2.24) is 22.8 Å². The fourth-order valence-electron chi connectivity index (χ4n) is 15.1. The monoisotopic (exact) mass is 1190 g/mol. The standard InChI is InChI=1S/C85H54N8/c86-55-87-76-51-49-64(88(56-33-41-60(42-34-56)90-78-25-9-1-17-66(78)67-18-2-10-26-79(67)90)57-35-43-61(44-36-57)91-80-27-11-3-19-68(80)69-20-4-12-28-81(69)91)53-74(76)75-54-65(50-52-77(75)87)89(58-37-45-62(46-38-58)92-82-29-13-5-21-70(82)71-22-6-14-30-83(71)92)59-39-47-63(48-40-59)93-84-31-15-7-23-72(84)73-24-8-16-32-85(73)93/h1-54H. The van der Waals surface area contributed by atoms with Crippen LogP contribution in [0.25, 0.3) is 132 Å². The maximum Gasteiger partial charge on any atom is 0.189 e. The number of nitrogens with zero attached hydrogens (tertiary/aromatic N) is 8. The van der Waals surface area contributed by atoms with E-state index in [-0.39, 0.29) is 0 Å². The van der Waals surface area contributed by atoms with E-state index in [1.807, 2.05) is 0 Å². The van der Waals surface area contributed by atoms with Crippen LogP contribution in [0.3, 0.4) is 0 Å². The highest BCUT2D eigenvalue weighted by Gasteiger charge is 2.23. The quantitative estimate of drug-likeness (QED) is 0.137. The molecule has 0 N–H and O–H groups in total. The van der Waals surface area contributed by atoms with Crippen molar-refractivity contribution in [3.05, 3.63) is 328 Å². The lowest BCUT2D eigenvalue weighted by Gasteiger charge is -2.27. The molecule has 0 radical (unpaired) electrons. The van der Waals surface area contributed by atoms with Crippen molar-refractivity contribution in [1.29, 1.82) is 5.26 Å². The molecule has 5 heterocycles. The first kappa shape index (κ1) is 52.1. The Morgan fingerprint density at radius 3 is 0.591 bits per heavy atom. The Kier molecular flexibility index (Phi) is 11.6. The van der Waals surface area contributed by atoms with E-state index in [0.717, 1.165) is 123 Å². The molecule has 0 bridgehead atoms. The zero-order chi connectivity index (χ0) is 61.3. The SMILES string of the molecule is N#Cn1c2ccc(N(c3ccc(-n4c5ccccc5c5ccccc54)cc3)c3ccc(-n4c5ccccc5c5ccccc54)cc3)cc2c2cc(N(c3ccc(-n4c5ccccc5c5ccccc54)cc3)c3ccc(-n4c5ccccc5c5ccccc54)cc3)ccc21. The molecule has 0 saturated heterocycles. The lowest BCUT2D eigenvalue weighted by molar-refractivity contribution is 1.17. The van der Waals surface area contributed by atoms with E-state index in [4.69, 9.17) is 0 Å². The first-order valence-corrected chi connectivity index (χ1v) is 31.5. The number of nitriles is 1. The van der Waals surface area contributed by atoms with Gasteiger partial charge < -0.3 is 28.1 Å². The molecule has 0 aliphatic rings. The van der Waals surface area contributed by atoms with Crippen molar-refractivity contribution in [2.75, 3.05) is 9.80 Å². The fraction of sp³-hybridized carbons (Fsp3) is 0. The molecule has 0 fully saturated rings. The summed E-state index contributed by atoms with van der Waals surface area (Å²) in [6.07, 6.45) is 2.58. The Morgan fingerprint density at radius 1 is 0.194 bits per heavy atom. The van der Waals surface area contributed by atoms with E-state index in [2.05, 4.69) is 362 Å². The van der Waals surface area contributed by atoms with Gasteiger partial charge in [-0.25, -0.2) is 4.57 Å². The summed E-state index contributed by atoms with van der Waals surface area (Å²) >= 11 is 0. The van der Waals surface area contributed by atoms with Gasteiger partial charge in [0.1, 0.15) is 0 Å². The van der Waals surface area contributed by atoms with E-state index in [1.54, 1.807) is 4.57 Å². The van der Waals surface area contributed by atoms with E-state index >= 15 is 0 Å². The minimum Gasteiger partial charge on any atom is -0.310 e. The number of rotatable bonds is 10. The highest BCUT2D eigenvalue weighted by Crippen LogP contribution is 2.45. The second kappa shape index (κ2) is 20.6. The van der Waals surface area contributed by atoms with E-state index in [0.29, 0.717) is 0 Å². The Morgan fingerprint density at radius 2 is 0.387 bits per heavy atom. The maximum atomic E-state index is 11.1. The van der Waals surface area contributed by atoms with Crippen LogP contribution in [0, 0.1) is 11.5 Å². The number of benzene rings is 14. The number of anilines is 6. The van der Waals surface area contributed by atoms with Gasteiger partial charge in [0.15, 0.2) is 6.19 Å². The average Bonchev–Trinajstić information content (AvgIpc) is 1.69. The van der Waals surface area contributed by atoms with Gasteiger partial charge in [-0.15, -0.1) is 0 Å². The number of aromatic nitrogens is 5. The van der Waals surface area contributed by atoms with Gasteiger partial charge in [-0.1, -0.05) is 146 Å². The van der Waals surface area contributed by atoms with Crippen molar-refractivity contribution < 1.29 is 0 Å². The third-order valence-corrected chi connectivity index (χ3v) is 19.1. The van der Waals surface area contributed by atoms with Gasteiger partial charge in [0, 0.05) is 111 Å². The van der Waals surface area contributed by atoms with Crippen LogP contribution < -0.4 is 9.80 Å². The first-order valence-electron chi connectivity index (χ1n) is 31.5. The van der Waals surface area contributed by atoms with Gasteiger partial charge in [-0.2, -0.15) is 5.26 Å². The molecule has 0 aliphatic carbocycles. The number of para-hydroxylation sites is 8. The molecule has 19 rings (SSSR count). The van der Waals surface area contributed by atoms with Crippen LogP contribution in [-0.4, -0.2) is 22.8 Å². The zero-order valence-corrected chi connectivity index (χ0v) is 50.3. The van der Waals surface area contributed by atoms with Crippen LogP contribution in [0.1, 0.15) is 0 Å². The van der Waals surface area contributed by atoms with Gasteiger partial charge in [0.25, 0.3) is 0 Å². The Labute approximate surface area is 534 Å². The Hall–Kier alpha value is -12.8. The van der Waals surface area contributed by atoms with Crippen molar-refractivity contribution >= 4 is 143 Å². The van der Waals surface area contributed by atoms with Gasteiger partial charge in [-0.05, 0) is 182 Å². The lowest BCUT2D eigenvalue weighted by atomic mass is 10.1. The van der Waals surface area contributed by atoms with Gasteiger partial charge in [0.2, 0.25) is 0 Å². The summed E-state index contributed by atoms with van der Waals surface area (Å²) in [6.45, 7) is 0. The third-order valence-electron chi connectivity index (χ3n) is 19.1. The predicted octanol–water partition coefficient (Wildman–Crippen LogP) is 22.5. The van der Waals surface area contributed by atoms with Crippen LogP contribution in [-0.2, 0) is 0 Å². The van der Waals surface area contributed by atoms with Crippen LogP contribution in [0.5, 0.6) is 0 Å². The largest absolute Gasteiger partial charge is 0.310 e. The Bertz CT molecular complexity index is 5340. The molecule has 8 nitrogen and oxygen atoms in total. The van der Waals surface area contributed by atoms with Gasteiger partial charge in [-0.3, -0.25) is 0 Å². The highest BCUT2D eigenvalue weighted by atomic mass is 15.2. The van der Waals surface area contributed by atoms with Crippen LogP contribution >= 0.6 is 0 Å². The van der Waals surface area contributed by atoms with E-state index < -0.39 is 0 Å². The zero-order valence-electron chi connectivity index (χ0n) is 50.3. The summed E-state index contributed by atoms with van der Waals surface area (Å²) in [7, 11) is 0. The summed E-state index contributed by atoms with van der Waals surface area (Å²) in [5.41, 5.74) is 21.1. The van der Waals surface area contributed by atoms with E-state index in [1.165, 1.54) is 43.1 Å². The molecule has 93 heavy (non-hydrogen) atoms. The molecular formula is C85H54N8. The average molecular weight is 1190 g/mol. The Balaban J connectivity index is 0.774. The summed E-state index contributed by atoms with van der Waals surface area (Å²) in [5, 5.41) is 22.8. The number of hydrogen-bond acceptors (Lipinski definition) is 3. The maximum absolute atomic E-state index is 11.1. The number of fused-ring (bicyclic) bond motifs is 15. The molecule has 0 amide bonds. The minimum atomic E-state index is 0.828. The minimum absolute atomic E-state index is 0.828. The summed E-state index contributed by atoms with van der Waals surface area (Å²) < 4.78 is 11.2. The molecular weight excluding hydrogens is 1130 g/mol. The van der Waals surface area contributed by atoms with Crippen LogP contribution in [0.2, 0.25) is 0 Å². The van der Waals surface area contributed by atoms with Gasteiger partial charge >= 0.3 is 0 Å². The molecule has 0 atom stereocenters. The van der Waals surface area contributed by atoms with Crippen molar-refractivity contribution in [2.45, 2.75) is 0 Å². The molecule has 19 aromatic rings. The first-order chi connectivity index (χ1) is 46.1. The number of hydrogen-bond donors (Lipinski definition) is 0. The summed E-state index contributed by atoms with van der Waals surface area (Å²) in [5.74, 6) is 0. The molecule has 8 heteroatoms. The van der Waals surface area contributed by atoms with Crippen molar-refractivity contribution in [3.8, 4) is 28.9 Å². The van der Waals surface area contributed by atoms with E-state index in [9.17, 15) is 5.26 Å².